The molecular formula is C65H118O12. The standard InChI is InChI=1S/C65H118O12/c1-4-7-10-13-16-19-22-24-26-28-29-31-32-34-37-39-42-45-48-51-57(66)73-54-56(75-58(67)52-49-46-43-40-36-21-18-15-12-9-6-3)55-74-65-63(61(70)60(69)62(77-65)64(71)72)76-59(68)53-50-47-44-41-38-35-33-30-27-25-23-20-17-14-11-8-5-2/h24-27,56,60-63,65,69-70H,4-23,28-55H2,1-3H3,(H,71,72)/b26-24-,27-25-. The molecule has 77 heavy (non-hydrogen) atoms. The van der Waals surface area contributed by atoms with Crippen LogP contribution in [0.1, 0.15) is 316 Å². The molecule has 0 amide bonds. The Kier molecular flexibility index (Phi) is 50.5. The van der Waals surface area contributed by atoms with Gasteiger partial charge in [0.15, 0.2) is 24.6 Å². The maximum atomic E-state index is 13.1. The molecule has 1 saturated heterocycles. The first-order chi connectivity index (χ1) is 37.6. The predicted molar refractivity (Wildman–Crippen MR) is 313 cm³/mol. The number of hydrogen-bond acceptors (Lipinski definition) is 11. The Hall–Kier alpha value is -2.80. The second kappa shape index (κ2) is 53.8. The summed E-state index contributed by atoms with van der Waals surface area (Å²) in [6.45, 7) is 6.02. The molecule has 1 aliphatic rings. The minimum atomic E-state index is -1.90. The zero-order chi connectivity index (χ0) is 56.1. The third-order valence-electron chi connectivity index (χ3n) is 15.0. The molecule has 1 rings (SSSR count). The van der Waals surface area contributed by atoms with Crippen molar-refractivity contribution in [3.8, 4) is 0 Å². The molecule has 0 aromatic carbocycles. The number of aliphatic hydroxyl groups excluding tert-OH is 2. The van der Waals surface area contributed by atoms with Crippen LogP contribution in [0.15, 0.2) is 24.3 Å². The van der Waals surface area contributed by atoms with E-state index in [1.165, 1.54) is 186 Å². The summed E-state index contributed by atoms with van der Waals surface area (Å²) in [6.07, 6.45) is 50.0. The molecule has 1 aliphatic heterocycles. The zero-order valence-electron chi connectivity index (χ0n) is 49.7. The lowest BCUT2D eigenvalue weighted by atomic mass is 9.98. The molecule has 0 radical (unpaired) electrons. The molecule has 450 valence electrons. The lowest BCUT2D eigenvalue weighted by molar-refractivity contribution is -0.301. The molecule has 6 unspecified atom stereocenters. The number of esters is 3. The van der Waals surface area contributed by atoms with E-state index in [1.807, 2.05) is 0 Å². The fourth-order valence-corrected chi connectivity index (χ4v) is 10.0. The lowest BCUT2D eigenvalue weighted by Gasteiger charge is -2.40. The topological polar surface area (TPSA) is 175 Å². The molecule has 0 spiro atoms. The normalized spacial score (nSPS) is 18.1. The van der Waals surface area contributed by atoms with Crippen molar-refractivity contribution >= 4 is 23.9 Å². The van der Waals surface area contributed by atoms with E-state index in [0.29, 0.717) is 19.3 Å². The third-order valence-corrected chi connectivity index (χ3v) is 15.0. The first-order valence-corrected chi connectivity index (χ1v) is 32.3. The highest BCUT2D eigenvalue weighted by atomic mass is 16.7. The Morgan fingerprint density at radius 1 is 0.416 bits per heavy atom. The summed E-state index contributed by atoms with van der Waals surface area (Å²) in [6, 6.07) is 0. The molecule has 0 bridgehead atoms. The maximum Gasteiger partial charge on any atom is 0.335 e. The van der Waals surface area contributed by atoms with Gasteiger partial charge in [-0.05, 0) is 70.6 Å². The molecule has 0 aliphatic carbocycles. The molecule has 3 N–H and O–H groups in total. The van der Waals surface area contributed by atoms with E-state index >= 15 is 0 Å². The van der Waals surface area contributed by atoms with Crippen LogP contribution in [0.4, 0.5) is 0 Å². The molecule has 0 aromatic heterocycles. The zero-order valence-corrected chi connectivity index (χ0v) is 49.7. The number of aliphatic carboxylic acids is 1. The predicted octanol–water partition coefficient (Wildman–Crippen LogP) is 17.0. The van der Waals surface area contributed by atoms with Crippen molar-refractivity contribution in [2.45, 2.75) is 353 Å². The summed E-state index contributed by atoms with van der Waals surface area (Å²) >= 11 is 0. The van der Waals surface area contributed by atoms with Crippen molar-refractivity contribution in [1.82, 2.24) is 0 Å². The van der Waals surface area contributed by atoms with Gasteiger partial charge in [-0.15, -0.1) is 0 Å². The van der Waals surface area contributed by atoms with Gasteiger partial charge in [0.2, 0.25) is 0 Å². The molecule has 12 nitrogen and oxygen atoms in total. The van der Waals surface area contributed by atoms with Crippen LogP contribution in [0.3, 0.4) is 0 Å². The number of hydrogen-bond donors (Lipinski definition) is 3. The van der Waals surface area contributed by atoms with Gasteiger partial charge in [0, 0.05) is 19.3 Å². The van der Waals surface area contributed by atoms with Gasteiger partial charge in [-0.2, -0.15) is 0 Å². The van der Waals surface area contributed by atoms with Crippen molar-refractivity contribution in [1.29, 1.82) is 0 Å². The van der Waals surface area contributed by atoms with Crippen molar-refractivity contribution in [3.05, 3.63) is 24.3 Å². The Labute approximate surface area is 470 Å². The third kappa shape index (κ3) is 43.7. The second-order valence-corrected chi connectivity index (χ2v) is 22.4. The number of unbranched alkanes of at least 4 members (excludes halogenated alkanes) is 38. The number of aliphatic hydroxyl groups is 2. The average molecular weight is 1090 g/mol. The molecule has 12 heteroatoms. The van der Waals surface area contributed by atoms with Gasteiger partial charge in [0.05, 0.1) is 6.61 Å². The molecule has 0 aromatic rings. The number of carbonyl (C=O) groups excluding carboxylic acids is 3. The summed E-state index contributed by atoms with van der Waals surface area (Å²) in [5, 5.41) is 31.5. The monoisotopic (exact) mass is 1090 g/mol. The van der Waals surface area contributed by atoms with Gasteiger partial charge in [-0.25, -0.2) is 4.79 Å². The summed E-state index contributed by atoms with van der Waals surface area (Å²) in [5.74, 6) is -3.09. The SMILES string of the molecule is CCCCCCCC/C=C\CCCCCCCCCCCC(=O)OCC(COC1OC(C(=O)O)C(O)C(O)C1OC(=O)CCCCCCCCC/C=C\CCCCCCCC)OC(=O)CCCCCCCCCCCCC. The number of carbonyl (C=O) groups is 4. The average Bonchev–Trinajstić information content (AvgIpc) is 3.41. The Morgan fingerprint density at radius 2 is 0.740 bits per heavy atom. The largest absolute Gasteiger partial charge is 0.479 e. The summed E-state index contributed by atoms with van der Waals surface area (Å²) in [5.41, 5.74) is 0. The number of ether oxygens (including phenoxy) is 5. The van der Waals surface area contributed by atoms with Crippen LogP contribution in [0.2, 0.25) is 0 Å². The van der Waals surface area contributed by atoms with E-state index in [9.17, 15) is 34.5 Å². The van der Waals surface area contributed by atoms with Crippen LogP contribution < -0.4 is 0 Å². The quantitative estimate of drug-likeness (QED) is 0.0228. The highest BCUT2D eigenvalue weighted by molar-refractivity contribution is 5.74. The molecular weight excluding hydrogens is 973 g/mol. The Bertz CT molecular complexity index is 1430. The van der Waals surface area contributed by atoms with Crippen LogP contribution in [0.25, 0.3) is 0 Å². The first-order valence-electron chi connectivity index (χ1n) is 32.3. The van der Waals surface area contributed by atoms with Crippen LogP contribution in [0, 0.1) is 0 Å². The van der Waals surface area contributed by atoms with Crippen LogP contribution in [-0.4, -0.2) is 89.2 Å². The number of carboxylic acid groups (broad SMARTS) is 1. The Balaban J connectivity index is 2.61. The number of allylic oxidation sites excluding steroid dienone is 4. The maximum absolute atomic E-state index is 13.1. The van der Waals surface area contributed by atoms with Gasteiger partial charge in [0.1, 0.15) is 18.8 Å². The molecule has 6 atom stereocenters. The van der Waals surface area contributed by atoms with Crippen LogP contribution >= 0.6 is 0 Å². The van der Waals surface area contributed by atoms with Gasteiger partial charge in [-0.1, -0.05) is 251 Å². The Morgan fingerprint density at radius 3 is 1.10 bits per heavy atom. The van der Waals surface area contributed by atoms with E-state index in [2.05, 4.69) is 45.1 Å². The molecule has 0 saturated carbocycles. The fraction of sp³-hybridized carbons (Fsp3) is 0.877. The smallest absolute Gasteiger partial charge is 0.335 e. The van der Waals surface area contributed by atoms with Crippen LogP contribution in [0.5, 0.6) is 0 Å². The fourth-order valence-electron chi connectivity index (χ4n) is 10.0. The van der Waals surface area contributed by atoms with E-state index in [0.717, 1.165) is 70.6 Å². The van der Waals surface area contributed by atoms with Gasteiger partial charge in [-0.3, -0.25) is 14.4 Å². The minimum absolute atomic E-state index is 0.0602. The van der Waals surface area contributed by atoms with Crippen molar-refractivity contribution in [2.75, 3.05) is 13.2 Å². The molecule has 1 heterocycles. The second-order valence-electron chi connectivity index (χ2n) is 22.4. The van der Waals surface area contributed by atoms with Crippen molar-refractivity contribution in [2.24, 2.45) is 0 Å². The van der Waals surface area contributed by atoms with Gasteiger partial charge in [0.25, 0.3) is 0 Å². The number of carboxylic acids is 1. The highest BCUT2D eigenvalue weighted by Crippen LogP contribution is 2.27. The summed E-state index contributed by atoms with van der Waals surface area (Å²) in [7, 11) is 0. The minimum Gasteiger partial charge on any atom is -0.479 e. The lowest BCUT2D eigenvalue weighted by Crippen LogP contribution is -2.61. The highest BCUT2D eigenvalue weighted by Gasteiger charge is 2.50. The van der Waals surface area contributed by atoms with Crippen molar-refractivity contribution in [3.63, 3.8) is 0 Å². The summed E-state index contributed by atoms with van der Waals surface area (Å²) < 4.78 is 28.5. The van der Waals surface area contributed by atoms with E-state index < -0.39 is 67.3 Å². The van der Waals surface area contributed by atoms with E-state index in [-0.39, 0.29) is 25.9 Å². The first kappa shape index (κ1) is 72.2. The van der Waals surface area contributed by atoms with Crippen LogP contribution in [-0.2, 0) is 42.9 Å². The van der Waals surface area contributed by atoms with Gasteiger partial charge >= 0.3 is 23.9 Å². The number of rotatable bonds is 56. The summed E-state index contributed by atoms with van der Waals surface area (Å²) in [4.78, 5) is 51.2. The van der Waals surface area contributed by atoms with Crippen molar-refractivity contribution < 1.29 is 58.2 Å². The van der Waals surface area contributed by atoms with E-state index in [1.54, 1.807) is 0 Å². The van der Waals surface area contributed by atoms with Gasteiger partial charge < -0.3 is 39.0 Å². The molecule has 1 fully saturated rings. The van der Waals surface area contributed by atoms with E-state index in [4.69, 9.17) is 23.7 Å².